The second-order valence-corrected chi connectivity index (χ2v) is 6.50. The number of carboxylic acids is 2. The molecule has 0 aliphatic rings. The van der Waals surface area contributed by atoms with Crippen molar-refractivity contribution in [1.82, 2.24) is 0 Å². The first-order chi connectivity index (χ1) is 13.6. The van der Waals surface area contributed by atoms with E-state index in [0.29, 0.717) is 0 Å². The maximum Gasteiger partial charge on any atom is 2.00 e. The fraction of sp³-hybridized carbons (Fsp3) is 0.875. The van der Waals surface area contributed by atoms with Gasteiger partial charge >= 0.3 is 17.1 Å². The predicted molar refractivity (Wildman–Crippen MR) is 90.7 cm³/mol. The number of aliphatic hydroxyl groups excluding tert-OH is 8. The molecule has 1 radical (unpaired) electrons. The van der Waals surface area contributed by atoms with E-state index in [9.17, 15) is 50.4 Å². The molecule has 0 aliphatic carbocycles. The Balaban J connectivity index is -0.000000490. The molecule has 0 heterocycles. The molecule has 0 aromatic carbocycles. The van der Waals surface area contributed by atoms with Gasteiger partial charge in [-0.2, -0.15) is 0 Å². The van der Waals surface area contributed by atoms with Crippen molar-refractivity contribution >= 4 is 11.9 Å². The number of carbonyl (C=O) groups excluding carboxylic acids is 2. The van der Waals surface area contributed by atoms with Gasteiger partial charge in [0.2, 0.25) is 0 Å². The molecular weight excluding hydrogens is 480 g/mol. The van der Waals surface area contributed by atoms with Crippen LogP contribution in [0.5, 0.6) is 0 Å². The van der Waals surface area contributed by atoms with Gasteiger partial charge in [-0.15, -0.1) is 0 Å². The average molecular weight is 510 g/mol. The summed E-state index contributed by atoms with van der Waals surface area (Å²) < 4.78 is 0. The molecule has 0 bridgehead atoms. The third-order valence-electron chi connectivity index (χ3n) is 4.57. The molecule has 0 aromatic rings. The van der Waals surface area contributed by atoms with Crippen molar-refractivity contribution in [3.63, 3.8) is 0 Å². The number of hydrogen-bond acceptors (Lipinski definition) is 14. The van der Waals surface area contributed by atoms with Crippen molar-refractivity contribution in [3.8, 4) is 0 Å². The molecule has 15 heteroatoms. The Kier molecular flexibility index (Phi) is 16.8. The van der Waals surface area contributed by atoms with Crippen molar-refractivity contribution in [1.29, 1.82) is 0 Å². The summed E-state index contributed by atoms with van der Waals surface area (Å²) in [6, 6.07) is 0. The van der Waals surface area contributed by atoms with Crippen LogP contribution in [0.4, 0.5) is 0 Å². The van der Waals surface area contributed by atoms with Gasteiger partial charge in [-0.25, -0.2) is 0 Å². The second-order valence-electron chi connectivity index (χ2n) is 6.50. The topological polar surface area (TPSA) is 283 Å². The zero-order valence-corrected chi connectivity index (χ0v) is 17.6. The van der Waals surface area contributed by atoms with E-state index in [-0.39, 0.29) is 17.1 Å². The van der Waals surface area contributed by atoms with Gasteiger partial charge in [0.15, 0.2) is 0 Å². The number of hydrogen-bond donors (Lipinski definition) is 10. The quantitative estimate of drug-likeness (QED) is 0.109. The summed E-state index contributed by atoms with van der Waals surface area (Å²) >= 11 is 0. The number of aliphatic carboxylic acids is 2. The standard InChI is InChI=1S/2C8H16O7.Cu/c2*1-2-8(15,7(13)14)6(12)5(11)4(10)3-9;/h2*4-6,9-12,15H,2-3H2,1H3,(H,13,14);/q;;+2/p-2. The number of carboxylic acid groups (broad SMARTS) is 2. The fourth-order valence-electron chi connectivity index (χ4n) is 2.15. The Morgan fingerprint density at radius 2 is 0.935 bits per heavy atom. The summed E-state index contributed by atoms with van der Waals surface area (Å²) in [4.78, 5) is 21.1. The third-order valence-corrected chi connectivity index (χ3v) is 4.57. The molecule has 0 aromatic heterocycles. The van der Waals surface area contributed by atoms with E-state index in [1.165, 1.54) is 13.8 Å². The molecule has 189 valence electrons. The van der Waals surface area contributed by atoms with E-state index in [1.54, 1.807) is 0 Å². The zero-order valence-electron chi connectivity index (χ0n) is 16.7. The molecule has 8 atom stereocenters. The van der Waals surface area contributed by atoms with E-state index in [2.05, 4.69) is 0 Å². The first kappa shape index (κ1) is 34.7. The smallest absolute Gasteiger partial charge is 0.547 e. The van der Waals surface area contributed by atoms with Gasteiger partial charge in [0.05, 0.1) is 25.2 Å². The van der Waals surface area contributed by atoms with Crippen LogP contribution >= 0.6 is 0 Å². The summed E-state index contributed by atoms with van der Waals surface area (Å²) in [7, 11) is 0. The van der Waals surface area contributed by atoms with Crippen molar-refractivity contribution in [2.45, 2.75) is 74.5 Å². The molecular formula is C16H30CuO14. The van der Waals surface area contributed by atoms with Crippen LogP contribution < -0.4 is 10.2 Å². The molecule has 0 fully saturated rings. The molecule has 0 saturated heterocycles. The summed E-state index contributed by atoms with van der Waals surface area (Å²) in [5.41, 5.74) is -5.31. The van der Waals surface area contributed by atoms with Gasteiger partial charge in [-0.3, -0.25) is 0 Å². The summed E-state index contributed by atoms with van der Waals surface area (Å²) in [6.45, 7) is 0.782. The minimum absolute atomic E-state index is 0. The van der Waals surface area contributed by atoms with Crippen LogP contribution in [0.15, 0.2) is 0 Å². The van der Waals surface area contributed by atoms with E-state index < -0.39 is 85.8 Å². The van der Waals surface area contributed by atoms with E-state index in [1.807, 2.05) is 0 Å². The average Bonchev–Trinajstić information content (AvgIpc) is 2.74. The first-order valence-corrected chi connectivity index (χ1v) is 8.79. The van der Waals surface area contributed by atoms with Gasteiger partial charge in [0.25, 0.3) is 0 Å². The van der Waals surface area contributed by atoms with Gasteiger partial charge in [-0.1, -0.05) is 13.8 Å². The normalized spacial score (nSPS) is 20.8. The number of carbonyl (C=O) groups is 2. The molecule has 14 nitrogen and oxygen atoms in total. The van der Waals surface area contributed by atoms with Crippen LogP contribution in [-0.2, 0) is 26.7 Å². The molecule has 8 unspecified atom stereocenters. The van der Waals surface area contributed by atoms with E-state index in [0.717, 1.165) is 0 Å². The van der Waals surface area contributed by atoms with Crippen LogP contribution in [0.25, 0.3) is 0 Å². The monoisotopic (exact) mass is 509 g/mol. The predicted octanol–water partition coefficient (Wildman–Crippen LogP) is -8.10. The largest absolute Gasteiger partial charge is 2.00 e. The summed E-state index contributed by atoms with van der Waals surface area (Å²) in [5.74, 6) is -3.91. The molecule has 0 rings (SSSR count). The Morgan fingerprint density at radius 1 is 0.710 bits per heavy atom. The number of aliphatic hydroxyl groups is 10. The maximum atomic E-state index is 10.5. The summed E-state index contributed by atoms with van der Waals surface area (Å²) in [5, 5.41) is 112. The van der Waals surface area contributed by atoms with Gasteiger partial charge < -0.3 is 70.9 Å². The first-order valence-electron chi connectivity index (χ1n) is 8.79. The number of rotatable bonds is 12. The minimum atomic E-state index is -2.66. The third kappa shape index (κ3) is 8.84. The van der Waals surface area contributed by atoms with Gasteiger partial charge in [0, 0.05) is 0 Å². The van der Waals surface area contributed by atoms with Crippen LogP contribution in [0.1, 0.15) is 26.7 Å². The van der Waals surface area contributed by atoms with Crippen LogP contribution in [0.3, 0.4) is 0 Å². The fourth-order valence-corrected chi connectivity index (χ4v) is 2.15. The minimum Gasteiger partial charge on any atom is -0.547 e. The van der Waals surface area contributed by atoms with E-state index >= 15 is 0 Å². The van der Waals surface area contributed by atoms with Crippen molar-refractivity contribution < 1.29 is 87.9 Å². The Bertz CT molecular complexity index is 490. The van der Waals surface area contributed by atoms with Crippen LogP contribution in [-0.4, -0.2) is 124 Å². The maximum absolute atomic E-state index is 10.5. The molecule has 10 N–H and O–H groups in total. The van der Waals surface area contributed by atoms with Gasteiger partial charge in [-0.05, 0) is 12.8 Å². The zero-order chi connectivity index (χ0) is 24.4. The van der Waals surface area contributed by atoms with Crippen molar-refractivity contribution in [2.75, 3.05) is 13.2 Å². The Hall–Kier alpha value is -0.941. The molecule has 31 heavy (non-hydrogen) atoms. The second kappa shape index (κ2) is 15.0. The van der Waals surface area contributed by atoms with Gasteiger partial charge in [0.1, 0.15) is 47.8 Å². The van der Waals surface area contributed by atoms with E-state index in [4.69, 9.17) is 20.4 Å². The van der Waals surface area contributed by atoms with Crippen LogP contribution in [0.2, 0.25) is 0 Å². The van der Waals surface area contributed by atoms with Crippen molar-refractivity contribution in [3.05, 3.63) is 0 Å². The summed E-state index contributed by atoms with van der Waals surface area (Å²) in [6.07, 6.45) is -12.5. The van der Waals surface area contributed by atoms with Crippen LogP contribution in [0, 0.1) is 0 Å². The molecule has 0 saturated carbocycles. The Morgan fingerprint density at radius 3 is 1.06 bits per heavy atom. The molecule has 0 spiro atoms. The Labute approximate surface area is 188 Å². The molecule has 0 amide bonds. The molecule has 0 aliphatic heterocycles. The SMILES string of the molecule is CCC(O)(C(=O)[O-])C(O)C(O)C(O)CO.CCC(O)(C(=O)[O-])C(O)C(O)C(O)CO.[Cu+2]. The van der Waals surface area contributed by atoms with Crippen molar-refractivity contribution in [2.24, 2.45) is 0 Å².